The van der Waals surface area contributed by atoms with Gasteiger partial charge in [0.25, 0.3) is 0 Å². The van der Waals surface area contributed by atoms with Gasteiger partial charge in [-0.15, -0.1) is 16.4 Å². The fourth-order valence-electron chi connectivity index (χ4n) is 3.68. The van der Waals surface area contributed by atoms with Crippen molar-refractivity contribution in [2.45, 2.75) is 6.18 Å². The highest BCUT2D eigenvalue weighted by Gasteiger charge is 2.34. The Hall–Kier alpha value is -3.99. The van der Waals surface area contributed by atoms with Gasteiger partial charge in [0.15, 0.2) is 11.5 Å². The molecule has 164 valence electrons. The first-order valence-corrected chi connectivity index (χ1v) is 10.5. The van der Waals surface area contributed by atoms with Crippen molar-refractivity contribution in [3.8, 4) is 28.5 Å². The highest BCUT2D eigenvalue weighted by molar-refractivity contribution is 7.26. The maximum Gasteiger partial charge on any atom is 0.433 e. The largest absolute Gasteiger partial charge is 0.497 e. The van der Waals surface area contributed by atoms with Gasteiger partial charge in [-0.25, -0.2) is 19.5 Å². The van der Waals surface area contributed by atoms with Crippen LogP contribution >= 0.6 is 11.3 Å². The Kier molecular flexibility index (Phi) is 4.18. The summed E-state index contributed by atoms with van der Waals surface area (Å²) >= 11 is 1.09. The van der Waals surface area contributed by atoms with Crippen LogP contribution in [-0.4, -0.2) is 31.7 Å². The second kappa shape index (κ2) is 7.01. The lowest BCUT2D eigenvalue weighted by Gasteiger charge is -2.08. The van der Waals surface area contributed by atoms with E-state index in [1.54, 1.807) is 25.3 Å². The summed E-state index contributed by atoms with van der Waals surface area (Å²) in [5.74, 6) is 1.40. The van der Waals surface area contributed by atoms with Gasteiger partial charge in [-0.1, -0.05) is 12.1 Å². The molecule has 0 atom stereocenters. The average Bonchev–Trinajstić information content (AvgIpc) is 3.55. The predicted molar refractivity (Wildman–Crippen MR) is 116 cm³/mol. The Bertz CT molecular complexity index is 1650. The number of methoxy groups -OCH3 is 1. The van der Waals surface area contributed by atoms with E-state index in [2.05, 4.69) is 20.1 Å². The standard InChI is InChI=1S/C22H12F3N5O2S/c1-31-12-5-2-4-11(8-12)19-28-20-18-17(26-10-30(20)29-19)16-13(14-6-3-7-32-14)9-15(22(23,24)25)27-21(16)33-18/h2-10H,1H3. The van der Waals surface area contributed by atoms with Crippen molar-refractivity contribution in [2.24, 2.45) is 0 Å². The average molecular weight is 467 g/mol. The Morgan fingerprint density at radius 2 is 1.97 bits per heavy atom. The zero-order chi connectivity index (χ0) is 22.7. The molecule has 11 heteroatoms. The third-order valence-corrected chi connectivity index (χ3v) is 6.24. The van der Waals surface area contributed by atoms with E-state index in [1.165, 1.54) is 17.1 Å². The summed E-state index contributed by atoms with van der Waals surface area (Å²) in [6.45, 7) is 0. The van der Waals surface area contributed by atoms with E-state index in [-0.39, 0.29) is 10.4 Å². The minimum absolute atomic E-state index is 0.192. The van der Waals surface area contributed by atoms with Crippen molar-refractivity contribution in [1.29, 1.82) is 0 Å². The van der Waals surface area contributed by atoms with E-state index in [1.807, 2.05) is 18.2 Å². The maximum absolute atomic E-state index is 13.6. The highest BCUT2D eigenvalue weighted by atomic mass is 32.1. The molecule has 0 saturated carbocycles. The number of benzene rings is 1. The molecule has 0 aliphatic heterocycles. The summed E-state index contributed by atoms with van der Waals surface area (Å²) in [6.07, 6.45) is -1.71. The molecular formula is C22H12F3N5O2S. The number of pyridine rings is 1. The highest BCUT2D eigenvalue weighted by Crippen LogP contribution is 2.42. The SMILES string of the molecule is COc1cccc(-c2nc3c4sc5nc(C(F)(F)F)cc(-c6ccco6)c5c4ncn3n2)c1. The molecule has 0 saturated heterocycles. The normalized spacial score (nSPS) is 12.2. The van der Waals surface area contributed by atoms with Crippen LogP contribution in [0, 0.1) is 0 Å². The van der Waals surface area contributed by atoms with Gasteiger partial charge in [0.1, 0.15) is 33.1 Å². The van der Waals surface area contributed by atoms with Crippen molar-refractivity contribution in [3.05, 3.63) is 60.7 Å². The van der Waals surface area contributed by atoms with Crippen LogP contribution in [-0.2, 0) is 6.18 Å². The molecule has 6 rings (SSSR count). The fourth-order valence-corrected chi connectivity index (χ4v) is 4.81. The number of hydrogen-bond donors (Lipinski definition) is 0. The van der Waals surface area contributed by atoms with E-state index in [0.29, 0.717) is 38.6 Å². The zero-order valence-electron chi connectivity index (χ0n) is 16.8. The Labute approximate surface area is 187 Å². The molecule has 5 aromatic heterocycles. The molecule has 0 spiro atoms. The molecule has 0 N–H and O–H groups in total. The van der Waals surface area contributed by atoms with Gasteiger partial charge in [0, 0.05) is 16.5 Å². The van der Waals surface area contributed by atoms with Crippen LogP contribution in [0.25, 0.3) is 48.8 Å². The monoisotopic (exact) mass is 467 g/mol. The van der Waals surface area contributed by atoms with Crippen LogP contribution in [0.3, 0.4) is 0 Å². The molecule has 0 amide bonds. The minimum atomic E-state index is -4.61. The van der Waals surface area contributed by atoms with Gasteiger partial charge in [0.05, 0.1) is 18.9 Å². The number of rotatable bonds is 3. The lowest BCUT2D eigenvalue weighted by molar-refractivity contribution is -0.140. The molecular weight excluding hydrogens is 455 g/mol. The second-order valence-electron chi connectivity index (χ2n) is 7.17. The van der Waals surface area contributed by atoms with Crippen molar-refractivity contribution in [2.75, 3.05) is 7.11 Å². The first-order chi connectivity index (χ1) is 15.9. The van der Waals surface area contributed by atoms with Crippen LogP contribution < -0.4 is 4.74 Å². The smallest absolute Gasteiger partial charge is 0.433 e. The van der Waals surface area contributed by atoms with Crippen LogP contribution in [0.15, 0.2) is 59.5 Å². The molecule has 0 radical (unpaired) electrons. The molecule has 1 aromatic carbocycles. The van der Waals surface area contributed by atoms with E-state index in [4.69, 9.17) is 9.15 Å². The van der Waals surface area contributed by atoms with Crippen LogP contribution in [0.4, 0.5) is 13.2 Å². The quantitative estimate of drug-likeness (QED) is 0.325. The number of hydrogen-bond acceptors (Lipinski definition) is 7. The predicted octanol–water partition coefficient (Wildman–Crippen LogP) is 5.84. The van der Waals surface area contributed by atoms with Gasteiger partial charge in [-0.05, 0) is 30.3 Å². The van der Waals surface area contributed by atoms with Crippen molar-refractivity contribution in [1.82, 2.24) is 24.6 Å². The third-order valence-electron chi connectivity index (χ3n) is 5.17. The lowest BCUT2D eigenvalue weighted by Crippen LogP contribution is -2.07. The first-order valence-electron chi connectivity index (χ1n) is 9.66. The number of alkyl halides is 3. The summed E-state index contributed by atoms with van der Waals surface area (Å²) < 4.78 is 53.4. The molecule has 0 aliphatic carbocycles. The van der Waals surface area contributed by atoms with Gasteiger partial charge >= 0.3 is 6.18 Å². The molecule has 0 unspecified atom stereocenters. The number of ether oxygens (including phenoxy) is 1. The summed E-state index contributed by atoms with van der Waals surface area (Å²) in [6, 6.07) is 11.5. The Balaban J connectivity index is 1.65. The van der Waals surface area contributed by atoms with Crippen molar-refractivity contribution < 1.29 is 22.3 Å². The summed E-state index contributed by atoms with van der Waals surface area (Å²) in [5, 5.41) is 4.96. The molecule has 0 bridgehead atoms. The van der Waals surface area contributed by atoms with Gasteiger partial charge < -0.3 is 9.15 Å². The number of aromatic nitrogens is 5. The lowest BCUT2D eigenvalue weighted by atomic mass is 10.1. The molecule has 5 heterocycles. The van der Waals surface area contributed by atoms with Crippen molar-refractivity contribution in [3.63, 3.8) is 0 Å². The van der Waals surface area contributed by atoms with Crippen LogP contribution in [0.2, 0.25) is 0 Å². The van der Waals surface area contributed by atoms with Crippen molar-refractivity contribution >= 4 is 37.4 Å². The second-order valence-corrected chi connectivity index (χ2v) is 8.17. The fraction of sp³-hybridized carbons (Fsp3) is 0.0909. The molecule has 6 aromatic rings. The number of furan rings is 1. The van der Waals surface area contributed by atoms with E-state index >= 15 is 0 Å². The number of thiophene rings is 1. The number of nitrogens with zero attached hydrogens (tertiary/aromatic N) is 5. The zero-order valence-corrected chi connectivity index (χ0v) is 17.6. The molecule has 33 heavy (non-hydrogen) atoms. The molecule has 7 nitrogen and oxygen atoms in total. The first kappa shape index (κ1) is 19.7. The maximum atomic E-state index is 13.6. The molecule has 0 aliphatic rings. The van der Waals surface area contributed by atoms with E-state index in [9.17, 15) is 13.2 Å². The van der Waals surface area contributed by atoms with Gasteiger partial charge in [0.2, 0.25) is 0 Å². The Morgan fingerprint density at radius 3 is 2.73 bits per heavy atom. The Morgan fingerprint density at radius 1 is 1.09 bits per heavy atom. The van der Waals surface area contributed by atoms with Crippen LogP contribution in [0.5, 0.6) is 5.75 Å². The third kappa shape index (κ3) is 3.11. The minimum Gasteiger partial charge on any atom is -0.497 e. The van der Waals surface area contributed by atoms with Crippen LogP contribution in [0.1, 0.15) is 5.69 Å². The summed E-state index contributed by atoms with van der Waals surface area (Å²) in [5.41, 5.74) is 0.969. The summed E-state index contributed by atoms with van der Waals surface area (Å²) in [7, 11) is 1.57. The number of halogens is 3. The van der Waals surface area contributed by atoms with Gasteiger partial charge in [-0.3, -0.25) is 0 Å². The number of fused-ring (bicyclic) bond motifs is 5. The van der Waals surface area contributed by atoms with E-state index < -0.39 is 11.9 Å². The van der Waals surface area contributed by atoms with E-state index in [0.717, 1.165) is 23.0 Å². The summed E-state index contributed by atoms with van der Waals surface area (Å²) in [4.78, 5) is 13.2. The molecule has 0 fully saturated rings. The topological polar surface area (TPSA) is 78.3 Å². The van der Waals surface area contributed by atoms with Gasteiger partial charge in [-0.2, -0.15) is 13.2 Å².